The molecule has 0 aromatic heterocycles. The molecule has 3 heteroatoms. The molecule has 38 heavy (non-hydrogen) atoms. The predicted octanol–water partition coefficient (Wildman–Crippen LogP) is 9.26. The summed E-state index contributed by atoms with van der Waals surface area (Å²) in [5.41, 5.74) is 4.01. The second kappa shape index (κ2) is 12.9. The summed E-state index contributed by atoms with van der Waals surface area (Å²) in [7, 11) is 0. The van der Waals surface area contributed by atoms with Gasteiger partial charge in [-0.05, 0) is 113 Å². The molecule has 0 aromatic carbocycles. The van der Waals surface area contributed by atoms with Gasteiger partial charge in [-0.2, -0.15) is 0 Å². The molecule has 4 saturated carbocycles. The summed E-state index contributed by atoms with van der Waals surface area (Å²) >= 11 is 0. The van der Waals surface area contributed by atoms with Crippen molar-refractivity contribution in [3.8, 4) is 0 Å². The third-order valence-corrected chi connectivity index (χ3v) is 10.8. The highest BCUT2D eigenvalue weighted by molar-refractivity contribution is 5.70. The maximum atomic E-state index is 12.6. The van der Waals surface area contributed by atoms with E-state index in [1.165, 1.54) is 81.8 Å². The third-order valence-electron chi connectivity index (χ3n) is 10.8. The zero-order valence-electron chi connectivity index (χ0n) is 25.0. The average molecular weight is 525 g/mol. The van der Waals surface area contributed by atoms with Crippen molar-refractivity contribution in [3.63, 3.8) is 0 Å². The number of fused-ring (bicyclic) bond motifs is 1. The molecule has 5 atom stereocenters. The van der Waals surface area contributed by atoms with Gasteiger partial charge in [-0.1, -0.05) is 75.8 Å². The van der Waals surface area contributed by atoms with Gasteiger partial charge in [0.15, 0.2) is 0 Å². The van der Waals surface area contributed by atoms with Gasteiger partial charge in [0.25, 0.3) is 0 Å². The van der Waals surface area contributed by atoms with Crippen LogP contribution in [0.4, 0.5) is 0 Å². The van der Waals surface area contributed by atoms with E-state index in [4.69, 9.17) is 4.74 Å². The molecular weight excluding hydrogens is 468 g/mol. The first-order valence-corrected chi connectivity index (χ1v) is 16.0. The minimum atomic E-state index is -0.550. The highest BCUT2D eigenvalue weighted by Gasteiger charge is 2.50. The molecule has 0 bridgehead atoms. The van der Waals surface area contributed by atoms with Crippen LogP contribution < -0.4 is 0 Å². The number of ether oxygens (including phenoxy) is 1. The van der Waals surface area contributed by atoms with Crippen LogP contribution in [-0.2, 0) is 9.53 Å². The SMILES string of the molecule is C=C1CC[C@H](OC(=O)CC2CCCCC2)CC1=CC=C1CCC[C@@]2(C)[C@@H]1CC[C@@H]2[C@H](C)CCCC(C)(C)O. The van der Waals surface area contributed by atoms with Crippen molar-refractivity contribution >= 4 is 5.97 Å². The summed E-state index contributed by atoms with van der Waals surface area (Å²) in [4.78, 5) is 12.6. The number of aliphatic hydroxyl groups is 1. The number of rotatable bonds is 9. The van der Waals surface area contributed by atoms with Crippen molar-refractivity contribution in [2.75, 3.05) is 0 Å². The molecule has 214 valence electrons. The Kier molecular flexibility index (Phi) is 10.0. The Balaban J connectivity index is 1.35. The average Bonchev–Trinajstić information content (AvgIpc) is 3.21. The van der Waals surface area contributed by atoms with E-state index in [0.717, 1.165) is 38.0 Å². The Labute approximate surface area is 233 Å². The van der Waals surface area contributed by atoms with Crippen LogP contribution in [0.1, 0.15) is 137 Å². The number of allylic oxidation sites excluding steroid dienone is 4. The predicted molar refractivity (Wildman–Crippen MR) is 158 cm³/mol. The van der Waals surface area contributed by atoms with Gasteiger partial charge < -0.3 is 9.84 Å². The molecule has 0 radical (unpaired) electrons. The Morgan fingerprint density at radius 1 is 1.11 bits per heavy atom. The molecule has 0 heterocycles. The molecule has 0 aromatic rings. The van der Waals surface area contributed by atoms with E-state index in [1.54, 1.807) is 5.57 Å². The second-order valence-electron chi connectivity index (χ2n) is 14.4. The summed E-state index contributed by atoms with van der Waals surface area (Å²) in [5.74, 6) is 2.74. The first-order chi connectivity index (χ1) is 18.0. The molecule has 4 fully saturated rings. The zero-order valence-corrected chi connectivity index (χ0v) is 25.0. The fraction of sp³-hybridized carbons (Fsp3) is 0.800. The maximum Gasteiger partial charge on any atom is 0.306 e. The van der Waals surface area contributed by atoms with E-state index in [9.17, 15) is 9.90 Å². The molecule has 0 saturated heterocycles. The van der Waals surface area contributed by atoms with Crippen molar-refractivity contribution in [2.45, 2.75) is 149 Å². The first kappa shape index (κ1) is 29.6. The smallest absolute Gasteiger partial charge is 0.306 e. The summed E-state index contributed by atoms with van der Waals surface area (Å²) in [6.07, 6.45) is 24.0. The van der Waals surface area contributed by atoms with Crippen molar-refractivity contribution in [1.82, 2.24) is 0 Å². The maximum absolute atomic E-state index is 12.6. The number of hydrogen-bond donors (Lipinski definition) is 1. The highest BCUT2D eigenvalue weighted by Crippen LogP contribution is 2.60. The second-order valence-corrected chi connectivity index (χ2v) is 14.4. The molecule has 0 aliphatic heterocycles. The van der Waals surface area contributed by atoms with Crippen molar-refractivity contribution in [3.05, 3.63) is 35.5 Å². The number of carbonyl (C=O) groups excluding carboxylic acids is 1. The van der Waals surface area contributed by atoms with Gasteiger partial charge in [-0.15, -0.1) is 0 Å². The lowest BCUT2D eigenvalue weighted by Crippen LogP contribution is -2.36. The quantitative estimate of drug-likeness (QED) is 0.306. The Morgan fingerprint density at radius 3 is 2.61 bits per heavy atom. The Hall–Kier alpha value is -1.35. The molecule has 0 amide bonds. The standard InChI is InChI=1S/C35H56O3/c1-25-15-18-30(38-33(36)23-27-12-7-6-8-13-27)24-29(25)17-16-28-14-10-22-35(5)31(19-20-32(28)35)26(2)11-9-21-34(3,4)37/h16-17,26-27,30-32,37H,1,6-15,18-24H2,2-5H3/t26-,30+,31-,32-,35-/m1/s1. The van der Waals surface area contributed by atoms with Crippen molar-refractivity contribution in [2.24, 2.45) is 29.1 Å². The van der Waals surface area contributed by atoms with E-state index in [1.807, 2.05) is 13.8 Å². The first-order valence-electron chi connectivity index (χ1n) is 16.0. The Morgan fingerprint density at radius 2 is 1.87 bits per heavy atom. The minimum Gasteiger partial charge on any atom is -0.462 e. The summed E-state index contributed by atoms with van der Waals surface area (Å²) in [6.45, 7) is 13.3. The Bertz CT molecular complexity index is 883. The monoisotopic (exact) mass is 524 g/mol. The molecule has 4 rings (SSSR count). The fourth-order valence-electron chi connectivity index (χ4n) is 8.61. The van der Waals surface area contributed by atoms with Gasteiger partial charge in [0.05, 0.1) is 5.60 Å². The van der Waals surface area contributed by atoms with Crippen LogP contribution in [-0.4, -0.2) is 22.8 Å². The van der Waals surface area contributed by atoms with Gasteiger partial charge in [-0.25, -0.2) is 0 Å². The van der Waals surface area contributed by atoms with E-state index in [0.29, 0.717) is 29.6 Å². The lowest BCUT2D eigenvalue weighted by atomic mass is 9.60. The van der Waals surface area contributed by atoms with E-state index in [2.05, 4.69) is 32.6 Å². The summed E-state index contributed by atoms with van der Waals surface area (Å²) in [6, 6.07) is 0. The van der Waals surface area contributed by atoms with Crippen LogP contribution >= 0.6 is 0 Å². The van der Waals surface area contributed by atoms with Gasteiger partial charge in [0.2, 0.25) is 0 Å². The minimum absolute atomic E-state index is 0.0125. The van der Waals surface area contributed by atoms with Crippen molar-refractivity contribution < 1.29 is 14.6 Å². The van der Waals surface area contributed by atoms with E-state index < -0.39 is 5.60 Å². The van der Waals surface area contributed by atoms with Crippen LogP contribution in [0.5, 0.6) is 0 Å². The molecule has 3 nitrogen and oxygen atoms in total. The molecule has 4 aliphatic carbocycles. The lowest BCUT2D eigenvalue weighted by Gasteiger charge is -2.44. The van der Waals surface area contributed by atoms with Crippen molar-refractivity contribution in [1.29, 1.82) is 0 Å². The lowest BCUT2D eigenvalue weighted by molar-refractivity contribution is -0.151. The van der Waals surface area contributed by atoms with Gasteiger partial charge in [-0.3, -0.25) is 4.79 Å². The zero-order chi connectivity index (χ0) is 27.3. The molecule has 1 N–H and O–H groups in total. The van der Waals surface area contributed by atoms with E-state index in [-0.39, 0.29) is 12.1 Å². The largest absolute Gasteiger partial charge is 0.462 e. The number of hydrogen-bond acceptors (Lipinski definition) is 3. The van der Waals surface area contributed by atoms with Crippen LogP contribution in [0.2, 0.25) is 0 Å². The van der Waals surface area contributed by atoms with Gasteiger partial charge >= 0.3 is 5.97 Å². The number of carbonyl (C=O) groups is 1. The molecule has 0 spiro atoms. The molecule has 4 aliphatic rings. The normalized spacial score (nSPS) is 33.9. The van der Waals surface area contributed by atoms with Crippen LogP contribution in [0, 0.1) is 29.1 Å². The van der Waals surface area contributed by atoms with E-state index >= 15 is 0 Å². The summed E-state index contributed by atoms with van der Waals surface area (Å²) < 4.78 is 5.99. The van der Waals surface area contributed by atoms with Gasteiger partial charge in [0.1, 0.15) is 6.10 Å². The van der Waals surface area contributed by atoms with Crippen LogP contribution in [0.15, 0.2) is 35.5 Å². The highest BCUT2D eigenvalue weighted by atomic mass is 16.5. The topological polar surface area (TPSA) is 46.5 Å². The number of esters is 1. The van der Waals surface area contributed by atoms with Crippen LogP contribution in [0.3, 0.4) is 0 Å². The summed E-state index contributed by atoms with van der Waals surface area (Å²) in [5, 5.41) is 10.1. The molecule has 0 unspecified atom stereocenters. The van der Waals surface area contributed by atoms with Gasteiger partial charge in [0, 0.05) is 12.8 Å². The third kappa shape index (κ3) is 7.64. The van der Waals surface area contributed by atoms with Crippen LogP contribution in [0.25, 0.3) is 0 Å². The molecular formula is C35H56O3. The fourth-order valence-corrected chi connectivity index (χ4v) is 8.61.